The Morgan fingerprint density at radius 2 is 2.22 bits per heavy atom. The van der Waals surface area contributed by atoms with E-state index in [1.165, 1.54) is 4.68 Å². The summed E-state index contributed by atoms with van der Waals surface area (Å²) in [6, 6.07) is 7.67. The fourth-order valence-corrected chi connectivity index (χ4v) is 2.73. The number of aromatic nitrogens is 3. The van der Waals surface area contributed by atoms with Gasteiger partial charge in [-0.05, 0) is 31.0 Å². The zero-order chi connectivity index (χ0) is 16.4. The molecule has 2 heterocycles. The van der Waals surface area contributed by atoms with E-state index in [1.54, 1.807) is 18.9 Å². The summed E-state index contributed by atoms with van der Waals surface area (Å²) in [5.41, 5.74) is 1.82. The average molecular weight is 313 g/mol. The van der Waals surface area contributed by atoms with Crippen molar-refractivity contribution >= 4 is 17.5 Å². The molecule has 120 valence electrons. The topological polar surface area (TPSA) is 80.1 Å². The molecule has 1 aromatic heterocycles. The fraction of sp³-hybridized carbons (Fsp3) is 0.375. The quantitative estimate of drug-likeness (QED) is 0.919. The first-order valence-electron chi connectivity index (χ1n) is 7.60. The molecule has 2 amide bonds. The van der Waals surface area contributed by atoms with Gasteiger partial charge in [0.1, 0.15) is 5.82 Å². The largest absolute Gasteiger partial charge is 0.345 e. The van der Waals surface area contributed by atoms with Gasteiger partial charge in [0.2, 0.25) is 11.7 Å². The smallest absolute Gasteiger partial charge is 0.289 e. The highest BCUT2D eigenvalue weighted by atomic mass is 16.2. The highest BCUT2D eigenvalue weighted by Crippen LogP contribution is 2.22. The lowest BCUT2D eigenvalue weighted by Crippen LogP contribution is -2.26. The molecule has 1 fully saturated rings. The maximum atomic E-state index is 12.1. The summed E-state index contributed by atoms with van der Waals surface area (Å²) in [6.07, 6.45) is 1.50. The molecule has 7 heteroatoms. The molecule has 3 rings (SSSR count). The summed E-state index contributed by atoms with van der Waals surface area (Å²) >= 11 is 0. The number of aryl methyl sites for hydroxylation is 2. The third-order valence-electron chi connectivity index (χ3n) is 3.82. The van der Waals surface area contributed by atoms with E-state index in [0.29, 0.717) is 18.8 Å². The first-order valence-corrected chi connectivity index (χ1v) is 7.60. The van der Waals surface area contributed by atoms with Crippen LogP contribution in [0.15, 0.2) is 24.3 Å². The summed E-state index contributed by atoms with van der Waals surface area (Å²) in [4.78, 5) is 29.9. The van der Waals surface area contributed by atoms with Crippen molar-refractivity contribution < 1.29 is 9.59 Å². The molecule has 0 saturated carbocycles. The number of rotatable bonds is 4. The number of hydrogen-bond acceptors (Lipinski definition) is 4. The minimum Gasteiger partial charge on any atom is -0.345 e. The molecule has 0 aliphatic carbocycles. The second-order valence-electron chi connectivity index (χ2n) is 5.61. The van der Waals surface area contributed by atoms with Crippen molar-refractivity contribution in [3.8, 4) is 0 Å². The van der Waals surface area contributed by atoms with E-state index >= 15 is 0 Å². The molecule has 0 radical (unpaired) electrons. The Morgan fingerprint density at radius 3 is 2.87 bits per heavy atom. The van der Waals surface area contributed by atoms with Gasteiger partial charge < -0.3 is 10.2 Å². The Morgan fingerprint density at radius 1 is 1.39 bits per heavy atom. The SMILES string of the molecule is Cc1nc(C(=O)NCc2cccc(N3CCCC3=O)c2)n(C)n1. The van der Waals surface area contributed by atoms with Gasteiger partial charge in [0.15, 0.2) is 0 Å². The van der Waals surface area contributed by atoms with Crippen LogP contribution in [0, 0.1) is 6.92 Å². The number of benzene rings is 1. The maximum absolute atomic E-state index is 12.1. The van der Waals surface area contributed by atoms with Gasteiger partial charge in [-0.15, -0.1) is 0 Å². The maximum Gasteiger partial charge on any atom is 0.289 e. The molecule has 0 atom stereocenters. The van der Waals surface area contributed by atoms with Crippen molar-refractivity contribution in [3.05, 3.63) is 41.5 Å². The molecular formula is C16H19N5O2. The van der Waals surface area contributed by atoms with Crippen LogP contribution < -0.4 is 10.2 Å². The molecule has 0 unspecified atom stereocenters. The Bertz CT molecular complexity index is 753. The van der Waals surface area contributed by atoms with Crippen molar-refractivity contribution in [1.29, 1.82) is 0 Å². The van der Waals surface area contributed by atoms with Crippen LogP contribution in [-0.4, -0.2) is 33.1 Å². The molecule has 0 spiro atoms. The van der Waals surface area contributed by atoms with Crippen molar-refractivity contribution in [2.75, 3.05) is 11.4 Å². The van der Waals surface area contributed by atoms with Crippen LogP contribution in [0.25, 0.3) is 0 Å². The van der Waals surface area contributed by atoms with Gasteiger partial charge >= 0.3 is 0 Å². The predicted molar refractivity (Wildman–Crippen MR) is 84.9 cm³/mol. The summed E-state index contributed by atoms with van der Waals surface area (Å²) in [5, 5.41) is 6.90. The lowest BCUT2D eigenvalue weighted by atomic mass is 10.2. The zero-order valence-electron chi connectivity index (χ0n) is 13.2. The van der Waals surface area contributed by atoms with Crippen LogP contribution in [0.3, 0.4) is 0 Å². The van der Waals surface area contributed by atoms with Gasteiger partial charge in [-0.3, -0.25) is 9.59 Å². The van der Waals surface area contributed by atoms with E-state index in [-0.39, 0.29) is 17.6 Å². The van der Waals surface area contributed by atoms with E-state index in [0.717, 1.165) is 24.2 Å². The molecule has 0 bridgehead atoms. The average Bonchev–Trinajstić information content (AvgIpc) is 3.10. The third kappa shape index (κ3) is 3.23. The lowest BCUT2D eigenvalue weighted by molar-refractivity contribution is -0.117. The van der Waals surface area contributed by atoms with Gasteiger partial charge in [0.25, 0.3) is 5.91 Å². The molecule has 2 aromatic rings. The highest BCUT2D eigenvalue weighted by molar-refractivity contribution is 5.95. The van der Waals surface area contributed by atoms with Crippen LogP contribution in [0.4, 0.5) is 5.69 Å². The number of carbonyl (C=O) groups excluding carboxylic acids is 2. The zero-order valence-corrected chi connectivity index (χ0v) is 13.2. The fourth-order valence-electron chi connectivity index (χ4n) is 2.73. The standard InChI is InChI=1S/C16H19N5O2/c1-11-18-15(20(2)19-11)16(23)17-10-12-5-3-6-13(9-12)21-8-4-7-14(21)22/h3,5-6,9H,4,7-8,10H2,1-2H3,(H,17,23). The molecule has 7 nitrogen and oxygen atoms in total. The van der Waals surface area contributed by atoms with Crippen molar-refractivity contribution in [2.24, 2.45) is 7.05 Å². The first kappa shape index (κ1) is 15.2. The van der Waals surface area contributed by atoms with E-state index in [1.807, 2.05) is 24.3 Å². The Labute approximate surface area is 134 Å². The van der Waals surface area contributed by atoms with Gasteiger partial charge in [-0.25, -0.2) is 9.67 Å². The van der Waals surface area contributed by atoms with Gasteiger partial charge in [0, 0.05) is 32.2 Å². The summed E-state index contributed by atoms with van der Waals surface area (Å²) in [6.45, 7) is 2.88. The normalized spacial score (nSPS) is 14.3. The summed E-state index contributed by atoms with van der Waals surface area (Å²) in [5.74, 6) is 0.733. The summed E-state index contributed by atoms with van der Waals surface area (Å²) < 4.78 is 1.46. The number of nitrogens with zero attached hydrogens (tertiary/aromatic N) is 4. The molecule has 1 aliphatic rings. The first-order chi connectivity index (χ1) is 11.0. The van der Waals surface area contributed by atoms with E-state index in [2.05, 4.69) is 15.4 Å². The Kier molecular flexibility index (Phi) is 4.10. The monoisotopic (exact) mass is 313 g/mol. The Hall–Kier alpha value is -2.70. The second-order valence-corrected chi connectivity index (χ2v) is 5.61. The van der Waals surface area contributed by atoms with Crippen LogP contribution in [-0.2, 0) is 18.4 Å². The predicted octanol–water partition coefficient (Wildman–Crippen LogP) is 1.18. The van der Waals surface area contributed by atoms with Crippen LogP contribution in [0.1, 0.15) is 34.8 Å². The van der Waals surface area contributed by atoms with Crippen LogP contribution in [0.5, 0.6) is 0 Å². The van der Waals surface area contributed by atoms with Crippen molar-refractivity contribution in [3.63, 3.8) is 0 Å². The van der Waals surface area contributed by atoms with E-state index in [4.69, 9.17) is 0 Å². The molecule has 1 saturated heterocycles. The highest BCUT2D eigenvalue weighted by Gasteiger charge is 2.21. The van der Waals surface area contributed by atoms with Gasteiger partial charge in [0.05, 0.1) is 0 Å². The Balaban J connectivity index is 1.68. The molecular weight excluding hydrogens is 294 g/mol. The molecule has 1 aliphatic heterocycles. The van der Waals surface area contributed by atoms with E-state index in [9.17, 15) is 9.59 Å². The minimum atomic E-state index is -0.268. The number of hydrogen-bond donors (Lipinski definition) is 1. The van der Waals surface area contributed by atoms with Crippen molar-refractivity contribution in [1.82, 2.24) is 20.1 Å². The lowest BCUT2D eigenvalue weighted by Gasteiger charge is -2.16. The number of anilines is 1. The van der Waals surface area contributed by atoms with Crippen molar-refractivity contribution in [2.45, 2.75) is 26.3 Å². The minimum absolute atomic E-state index is 0.153. The van der Waals surface area contributed by atoms with Gasteiger partial charge in [-0.2, -0.15) is 5.10 Å². The molecule has 1 N–H and O–H groups in total. The number of amides is 2. The molecule has 1 aromatic carbocycles. The van der Waals surface area contributed by atoms with Gasteiger partial charge in [-0.1, -0.05) is 12.1 Å². The number of carbonyl (C=O) groups is 2. The van der Waals surface area contributed by atoms with E-state index < -0.39 is 0 Å². The second kappa shape index (κ2) is 6.20. The third-order valence-corrected chi connectivity index (χ3v) is 3.82. The van der Waals surface area contributed by atoms with Crippen LogP contribution >= 0.6 is 0 Å². The number of nitrogens with one attached hydrogen (secondary N) is 1. The van der Waals surface area contributed by atoms with Crippen LogP contribution in [0.2, 0.25) is 0 Å². The summed E-state index contributed by atoms with van der Waals surface area (Å²) in [7, 11) is 1.69. The molecule has 23 heavy (non-hydrogen) atoms.